The highest BCUT2D eigenvalue weighted by Crippen LogP contribution is 2.13. The lowest BCUT2D eigenvalue weighted by molar-refractivity contribution is 0.0869. The molecule has 0 unspecified atom stereocenters. The highest BCUT2D eigenvalue weighted by atomic mass is 32.1. The minimum atomic E-state index is -0.624. The lowest BCUT2D eigenvalue weighted by Crippen LogP contribution is -2.46. The first-order valence-corrected chi connectivity index (χ1v) is 7.96. The number of hydrogen-bond donors (Lipinski definition) is 3. The number of aromatic amines is 1. The summed E-state index contributed by atoms with van der Waals surface area (Å²) in [5, 5.41) is 1.24. The number of carbonyl (C=O) groups excluding carboxylic acids is 1. The summed E-state index contributed by atoms with van der Waals surface area (Å²) in [5.41, 5.74) is 10.3. The molecule has 0 saturated heterocycles. The number of benzene rings is 2. The maximum absolute atomic E-state index is 12.8. The van der Waals surface area contributed by atoms with Crippen LogP contribution in [0.2, 0.25) is 0 Å². The fourth-order valence-electron chi connectivity index (χ4n) is 2.46. The molecule has 6 nitrogen and oxygen atoms in total. The van der Waals surface area contributed by atoms with E-state index in [2.05, 4.69) is 10.4 Å². The molecular weight excluding hydrogens is 336 g/mol. The first kappa shape index (κ1) is 16.7. The minimum absolute atomic E-state index is 0.0469. The lowest BCUT2D eigenvalue weighted by Gasteiger charge is -2.22. The molecule has 3 rings (SSSR count). The van der Waals surface area contributed by atoms with Crippen LogP contribution in [0, 0.1) is 6.92 Å². The Labute approximate surface area is 149 Å². The number of pyridine rings is 1. The number of rotatable bonds is 3. The van der Waals surface area contributed by atoms with Gasteiger partial charge in [0.2, 0.25) is 5.43 Å². The van der Waals surface area contributed by atoms with E-state index in [4.69, 9.17) is 18.0 Å². The van der Waals surface area contributed by atoms with Gasteiger partial charge in [0.15, 0.2) is 5.11 Å². The van der Waals surface area contributed by atoms with Crippen LogP contribution in [0.3, 0.4) is 0 Å². The van der Waals surface area contributed by atoms with Gasteiger partial charge in [0, 0.05) is 17.1 Å². The van der Waals surface area contributed by atoms with E-state index in [1.165, 1.54) is 6.20 Å². The molecule has 0 atom stereocenters. The van der Waals surface area contributed by atoms with Crippen molar-refractivity contribution in [2.75, 3.05) is 5.43 Å². The van der Waals surface area contributed by atoms with Crippen LogP contribution in [0.5, 0.6) is 0 Å². The Morgan fingerprint density at radius 3 is 2.60 bits per heavy atom. The summed E-state index contributed by atoms with van der Waals surface area (Å²) in [6.45, 7) is 1.88. The second-order valence-corrected chi connectivity index (χ2v) is 5.96. The number of carbonyl (C=O) groups is 1. The number of amides is 1. The Morgan fingerprint density at radius 1 is 1.20 bits per heavy atom. The molecule has 1 aromatic heterocycles. The van der Waals surface area contributed by atoms with Crippen LogP contribution in [-0.2, 0) is 0 Å². The molecule has 0 saturated carbocycles. The third-order valence-electron chi connectivity index (χ3n) is 3.70. The highest BCUT2D eigenvalue weighted by Gasteiger charge is 2.22. The van der Waals surface area contributed by atoms with E-state index in [0.717, 1.165) is 10.6 Å². The number of anilines is 1. The summed E-state index contributed by atoms with van der Waals surface area (Å²) >= 11 is 4.96. The first-order chi connectivity index (χ1) is 12.0. The number of nitrogens with one attached hydrogen (secondary N) is 2. The predicted molar refractivity (Wildman–Crippen MR) is 102 cm³/mol. The van der Waals surface area contributed by atoms with E-state index in [9.17, 15) is 9.59 Å². The van der Waals surface area contributed by atoms with Crippen LogP contribution >= 0.6 is 12.2 Å². The number of H-pyrrole nitrogens is 1. The van der Waals surface area contributed by atoms with E-state index in [1.807, 2.05) is 19.1 Å². The molecule has 0 fully saturated rings. The topological polar surface area (TPSA) is 91.2 Å². The van der Waals surface area contributed by atoms with Crippen molar-refractivity contribution in [1.82, 2.24) is 9.99 Å². The zero-order chi connectivity index (χ0) is 18.0. The normalized spacial score (nSPS) is 10.4. The van der Waals surface area contributed by atoms with Crippen molar-refractivity contribution in [2.24, 2.45) is 5.73 Å². The van der Waals surface area contributed by atoms with Crippen LogP contribution in [0.4, 0.5) is 5.69 Å². The summed E-state index contributed by atoms with van der Waals surface area (Å²) in [4.78, 5) is 28.5. The number of fused-ring (bicyclic) bond motifs is 1. The number of hydrazine groups is 1. The largest absolute Gasteiger partial charge is 0.374 e. The fourth-order valence-corrected chi connectivity index (χ4v) is 2.59. The molecular formula is C18H16N4O2S. The third-order valence-corrected chi connectivity index (χ3v) is 3.89. The summed E-state index contributed by atoms with van der Waals surface area (Å²) in [6, 6.07) is 14.4. The second kappa shape index (κ2) is 6.74. The SMILES string of the molecule is Cc1ccc2[nH]cc(C(=O)N(Nc3ccccc3)C(N)=S)c(=O)c2c1. The summed E-state index contributed by atoms with van der Waals surface area (Å²) in [5.74, 6) is -0.624. The molecule has 3 aromatic rings. The van der Waals surface area contributed by atoms with Gasteiger partial charge in [0.25, 0.3) is 5.91 Å². The van der Waals surface area contributed by atoms with Crippen molar-refractivity contribution >= 4 is 39.8 Å². The van der Waals surface area contributed by atoms with E-state index < -0.39 is 5.91 Å². The van der Waals surface area contributed by atoms with Crippen LogP contribution in [0.1, 0.15) is 15.9 Å². The van der Waals surface area contributed by atoms with Gasteiger partial charge in [0.1, 0.15) is 5.56 Å². The van der Waals surface area contributed by atoms with Crippen LogP contribution in [0.25, 0.3) is 10.9 Å². The van der Waals surface area contributed by atoms with Crippen molar-refractivity contribution in [3.63, 3.8) is 0 Å². The first-order valence-electron chi connectivity index (χ1n) is 7.55. The van der Waals surface area contributed by atoms with Gasteiger partial charge in [0.05, 0.1) is 5.69 Å². The van der Waals surface area contributed by atoms with Crippen molar-refractivity contribution in [2.45, 2.75) is 6.92 Å². The quantitative estimate of drug-likeness (QED) is 0.498. The van der Waals surface area contributed by atoms with Crippen molar-refractivity contribution < 1.29 is 4.79 Å². The molecule has 0 aliphatic heterocycles. The maximum Gasteiger partial charge on any atom is 0.284 e. The van der Waals surface area contributed by atoms with E-state index in [-0.39, 0.29) is 16.1 Å². The van der Waals surface area contributed by atoms with Gasteiger partial charge in [-0.25, -0.2) is 0 Å². The van der Waals surface area contributed by atoms with Crippen molar-refractivity contribution in [3.05, 3.63) is 76.1 Å². The fraction of sp³-hybridized carbons (Fsp3) is 0.0556. The second-order valence-electron chi connectivity index (χ2n) is 5.54. The number of para-hydroxylation sites is 1. The Morgan fingerprint density at radius 2 is 1.92 bits per heavy atom. The molecule has 0 aliphatic rings. The average Bonchev–Trinajstić information content (AvgIpc) is 2.60. The molecule has 1 amide bonds. The Balaban J connectivity index is 2.03. The van der Waals surface area contributed by atoms with Gasteiger partial charge in [-0.05, 0) is 43.4 Å². The zero-order valence-corrected chi connectivity index (χ0v) is 14.3. The van der Waals surface area contributed by atoms with Gasteiger partial charge in [-0.1, -0.05) is 29.8 Å². The lowest BCUT2D eigenvalue weighted by atomic mass is 10.1. The molecule has 0 radical (unpaired) electrons. The minimum Gasteiger partial charge on any atom is -0.374 e. The van der Waals surface area contributed by atoms with Gasteiger partial charge in [-0.15, -0.1) is 0 Å². The molecule has 25 heavy (non-hydrogen) atoms. The number of nitrogens with zero attached hydrogens (tertiary/aromatic N) is 1. The number of aromatic nitrogens is 1. The molecule has 1 heterocycles. The third kappa shape index (κ3) is 3.36. The predicted octanol–water partition coefficient (Wildman–Crippen LogP) is 2.55. The average molecular weight is 352 g/mol. The summed E-state index contributed by atoms with van der Waals surface area (Å²) < 4.78 is 0. The van der Waals surface area contributed by atoms with Crippen molar-refractivity contribution in [1.29, 1.82) is 0 Å². The number of hydrogen-bond acceptors (Lipinski definition) is 4. The highest BCUT2D eigenvalue weighted by molar-refractivity contribution is 7.80. The smallest absolute Gasteiger partial charge is 0.284 e. The van der Waals surface area contributed by atoms with Gasteiger partial charge < -0.3 is 10.7 Å². The maximum atomic E-state index is 12.8. The van der Waals surface area contributed by atoms with E-state index >= 15 is 0 Å². The van der Waals surface area contributed by atoms with Crippen LogP contribution < -0.4 is 16.6 Å². The van der Waals surface area contributed by atoms with Crippen molar-refractivity contribution in [3.8, 4) is 0 Å². The molecule has 126 valence electrons. The molecule has 4 N–H and O–H groups in total. The standard InChI is InChI=1S/C18H16N4O2S/c1-11-7-8-15-13(9-11)16(23)14(10-20-15)17(24)22(18(19)25)21-12-5-3-2-4-6-12/h2-10,21H,1H3,(H2,19,25)(H,20,23). The van der Waals surface area contributed by atoms with Gasteiger partial charge in [-0.3, -0.25) is 15.0 Å². The number of thiocarbonyl (C=S) groups is 1. The van der Waals surface area contributed by atoms with Gasteiger partial charge in [-0.2, -0.15) is 5.01 Å². The Kier molecular flexibility index (Phi) is 4.49. The van der Waals surface area contributed by atoms with Gasteiger partial charge >= 0.3 is 0 Å². The van der Waals surface area contributed by atoms with Crippen LogP contribution in [0.15, 0.2) is 59.5 Å². The van der Waals surface area contributed by atoms with E-state index in [1.54, 1.807) is 36.4 Å². The molecule has 0 bridgehead atoms. The molecule has 0 spiro atoms. The molecule has 2 aromatic carbocycles. The summed E-state index contributed by atoms with van der Waals surface area (Å²) in [7, 11) is 0. The zero-order valence-electron chi connectivity index (χ0n) is 13.4. The number of nitrogens with two attached hydrogens (primary N) is 1. The summed E-state index contributed by atoms with van der Waals surface area (Å²) in [6.07, 6.45) is 1.38. The Bertz CT molecular complexity index is 1010. The molecule has 7 heteroatoms. The monoisotopic (exact) mass is 352 g/mol. The Hall–Kier alpha value is -3.19. The molecule has 0 aliphatic carbocycles. The number of aryl methyl sites for hydroxylation is 1. The van der Waals surface area contributed by atoms with E-state index in [0.29, 0.717) is 16.6 Å². The van der Waals surface area contributed by atoms with Crippen LogP contribution in [-0.4, -0.2) is 21.0 Å².